The largest absolute Gasteiger partial charge is 0.497 e. The van der Waals surface area contributed by atoms with Gasteiger partial charge in [0, 0.05) is 17.0 Å². The number of carbonyl (C=O) groups is 3. The monoisotopic (exact) mass is 403 g/mol. The van der Waals surface area contributed by atoms with E-state index in [1.165, 1.54) is 18.3 Å². The van der Waals surface area contributed by atoms with E-state index in [-0.39, 0.29) is 11.7 Å². The molecule has 0 aliphatic rings. The predicted octanol–water partition coefficient (Wildman–Crippen LogP) is 3.33. The van der Waals surface area contributed by atoms with Crippen molar-refractivity contribution in [2.75, 3.05) is 12.4 Å². The summed E-state index contributed by atoms with van der Waals surface area (Å²) >= 11 is 2.49. The van der Waals surface area contributed by atoms with Crippen LogP contribution in [-0.4, -0.2) is 35.7 Å². The fourth-order valence-electron chi connectivity index (χ4n) is 2.29. The molecule has 9 heteroatoms. The summed E-state index contributed by atoms with van der Waals surface area (Å²) in [4.78, 5) is 40.5. The number of anilines is 1. The van der Waals surface area contributed by atoms with Gasteiger partial charge in [0.05, 0.1) is 12.0 Å². The van der Waals surface area contributed by atoms with Crippen LogP contribution in [0.3, 0.4) is 0 Å². The maximum Gasteiger partial charge on any atom is 0.262 e. The zero-order chi connectivity index (χ0) is 19.6. The highest BCUT2D eigenvalue weighted by molar-refractivity contribution is 7.20. The molecule has 0 unspecified atom stereocenters. The molecule has 0 saturated heterocycles. The van der Waals surface area contributed by atoms with Gasteiger partial charge in [-0.3, -0.25) is 14.4 Å². The van der Waals surface area contributed by atoms with E-state index in [0.717, 1.165) is 27.2 Å². The van der Waals surface area contributed by atoms with E-state index in [1.54, 1.807) is 25.5 Å². The van der Waals surface area contributed by atoms with Gasteiger partial charge in [-0.15, -0.1) is 22.7 Å². The fraction of sp³-hybridized carbons (Fsp3) is 0.222. The quantitative estimate of drug-likeness (QED) is 0.615. The number of amides is 2. The molecule has 140 valence electrons. The number of ether oxygens (including phenoxy) is 1. The SMILES string of the molecule is COc1ccc2cc(C(=O)N[C@H](C)C(=O)Nc3nc(C(C)=O)cs3)sc2c1. The molecule has 27 heavy (non-hydrogen) atoms. The van der Waals surface area contributed by atoms with Crippen LogP contribution in [0.4, 0.5) is 5.13 Å². The summed E-state index contributed by atoms with van der Waals surface area (Å²) in [5.41, 5.74) is 0.299. The Hall–Kier alpha value is -2.78. The third-order valence-electron chi connectivity index (χ3n) is 3.79. The van der Waals surface area contributed by atoms with Crippen LogP contribution in [0.15, 0.2) is 29.6 Å². The number of ketones is 1. The lowest BCUT2D eigenvalue weighted by Gasteiger charge is -2.12. The van der Waals surface area contributed by atoms with Gasteiger partial charge in [0.1, 0.15) is 17.5 Å². The van der Waals surface area contributed by atoms with Crippen molar-refractivity contribution in [3.63, 3.8) is 0 Å². The van der Waals surface area contributed by atoms with Crippen molar-refractivity contribution in [3.8, 4) is 5.75 Å². The maximum absolute atomic E-state index is 12.5. The van der Waals surface area contributed by atoms with Gasteiger partial charge in [0.25, 0.3) is 5.91 Å². The molecule has 0 bridgehead atoms. The Balaban J connectivity index is 1.65. The van der Waals surface area contributed by atoms with Crippen LogP contribution in [0.1, 0.15) is 34.0 Å². The van der Waals surface area contributed by atoms with Crippen LogP contribution >= 0.6 is 22.7 Å². The standard InChI is InChI=1S/C18H17N3O4S2/c1-9(16(23)21-18-20-13(8-26-18)10(2)22)19-17(24)15-6-11-4-5-12(25-3)7-14(11)27-15/h4-9H,1-3H3,(H,19,24)(H,20,21,23)/t9-/m1/s1. The summed E-state index contributed by atoms with van der Waals surface area (Å²) in [6.45, 7) is 2.99. The second-order valence-corrected chi connectivity index (χ2v) is 7.73. The molecule has 0 aliphatic heterocycles. The number of nitrogens with zero attached hydrogens (tertiary/aromatic N) is 1. The molecule has 0 radical (unpaired) electrons. The summed E-state index contributed by atoms with van der Waals surface area (Å²) in [5.74, 6) is -0.191. The zero-order valence-electron chi connectivity index (χ0n) is 14.9. The number of Topliss-reactive ketones (excluding diaryl/α,β-unsaturated/α-hetero) is 1. The van der Waals surface area contributed by atoms with E-state index in [4.69, 9.17) is 4.74 Å². The predicted molar refractivity (Wildman–Crippen MR) is 106 cm³/mol. The Labute approximate surface area is 163 Å². The smallest absolute Gasteiger partial charge is 0.262 e. The summed E-state index contributed by atoms with van der Waals surface area (Å²) < 4.78 is 6.12. The molecule has 2 amide bonds. The van der Waals surface area contributed by atoms with Crippen molar-refractivity contribution in [1.29, 1.82) is 0 Å². The van der Waals surface area contributed by atoms with Crippen LogP contribution < -0.4 is 15.4 Å². The fourth-order valence-corrected chi connectivity index (χ4v) is 4.04. The Bertz CT molecular complexity index is 1020. The van der Waals surface area contributed by atoms with Gasteiger partial charge in [-0.2, -0.15) is 0 Å². The summed E-state index contributed by atoms with van der Waals surface area (Å²) in [6.07, 6.45) is 0. The van der Waals surface area contributed by atoms with Crippen molar-refractivity contribution in [2.45, 2.75) is 19.9 Å². The van der Waals surface area contributed by atoms with Crippen LogP contribution in [-0.2, 0) is 4.79 Å². The van der Waals surface area contributed by atoms with Crippen LogP contribution in [0.5, 0.6) is 5.75 Å². The molecule has 7 nitrogen and oxygen atoms in total. The first-order valence-electron chi connectivity index (χ1n) is 8.03. The molecule has 3 aromatic rings. The molecule has 2 heterocycles. The first kappa shape index (κ1) is 19.0. The lowest BCUT2D eigenvalue weighted by atomic mass is 10.2. The lowest BCUT2D eigenvalue weighted by Crippen LogP contribution is -2.41. The molecule has 0 fully saturated rings. The van der Waals surface area contributed by atoms with E-state index in [9.17, 15) is 14.4 Å². The number of thiazole rings is 1. The number of rotatable bonds is 6. The molecule has 1 atom stereocenters. The number of nitrogens with one attached hydrogen (secondary N) is 2. The number of methoxy groups -OCH3 is 1. The first-order valence-corrected chi connectivity index (χ1v) is 9.72. The summed E-state index contributed by atoms with van der Waals surface area (Å²) in [7, 11) is 1.59. The minimum atomic E-state index is -0.762. The molecule has 0 spiro atoms. The van der Waals surface area contributed by atoms with Crippen LogP contribution in [0.2, 0.25) is 0 Å². The van der Waals surface area contributed by atoms with E-state index in [0.29, 0.717) is 15.7 Å². The van der Waals surface area contributed by atoms with Crippen molar-refractivity contribution >= 4 is 55.5 Å². The zero-order valence-corrected chi connectivity index (χ0v) is 16.5. The van der Waals surface area contributed by atoms with Crippen molar-refractivity contribution in [2.24, 2.45) is 0 Å². The van der Waals surface area contributed by atoms with Crippen LogP contribution in [0, 0.1) is 0 Å². The van der Waals surface area contributed by atoms with E-state index < -0.39 is 11.9 Å². The Morgan fingerprint density at radius 3 is 2.67 bits per heavy atom. The molecule has 0 aliphatic carbocycles. The van der Waals surface area contributed by atoms with Gasteiger partial charge in [-0.25, -0.2) is 4.98 Å². The highest BCUT2D eigenvalue weighted by Gasteiger charge is 2.19. The van der Waals surface area contributed by atoms with Crippen LogP contribution in [0.25, 0.3) is 10.1 Å². The number of carbonyl (C=O) groups excluding carboxylic acids is 3. The first-order chi connectivity index (χ1) is 12.9. The molecule has 3 rings (SSSR count). The van der Waals surface area contributed by atoms with Gasteiger partial charge in [-0.1, -0.05) is 0 Å². The Morgan fingerprint density at radius 1 is 1.22 bits per heavy atom. The molecular formula is C18H17N3O4S2. The minimum Gasteiger partial charge on any atom is -0.497 e. The third-order valence-corrected chi connectivity index (χ3v) is 5.64. The highest BCUT2D eigenvalue weighted by Crippen LogP contribution is 2.29. The second kappa shape index (κ2) is 7.85. The van der Waals surface area contributed by atoms with Gasteiger partial charge >= 0.3 is 0 Å². The number of hydrogen-bond donors (Lipinski definition) is 2. The number of aromatic nitrogens is 1. The van der Waals surface area contributed by atoms with E-state index in [2.05, 4.69) is 15.6 Å². The Morgan fingerprint density at radius 2 is 2.00 bits per heavy atom. The average molecular weight is 403 g/mol. The van der Waals surface area contributed by atoms with E-state index in [1.807, 2.05) is 18.2 Å². The average Bonchev–Trinajstić information content (AvgIpc) is 3.27. The second-order valence-electron chi connectivity index (χ2n) is 5.79. The van der Waals surface area contributed by atoms with Crippen molar-refractivity contribution < 1.29 is 19.1 Å². The maximum atomic E-state index is 12.5. The molecule has 2 N–H and O–H groups in total. The molecule has 0 saturated carbocycles. The lowest BCUT2D eigenvalue weighted by molar-refractivity contribution is -0.117. The van der Waals surface area contributed by atoms with Crippen molar-refractivity contribution in [1.82, 2.24) is 10.3 Å². The third kappa shape index (κ3) is 4.32. The molecular weight excluding hydrogens is 386 g/mol. The van der Waals surface area contributed by atoms with Crippen molar-refractivity contribution in [3.05, 3.63) is 40.2 Å². The number of thiophene rings is 1. The van der Waals surface area contributed by atoms with Gasteiger partial charge in [0.2, 0.25) is 5.91 Å². The molecule has 1 aromatic carbocycles. The topological polar surface area (TPSA) is 97.4 Å². The number of benzene rings is 1. The summed E-state index contributed by atoms with van der Waals surface area (Å²) in [6, 6.07) is 6.59. The van der Waals surface area contributed by atoms with Gasteiger partial charge in [0.15, 0.2) is 10.9 Å². The molecule has 2 aromatic heterocycles. The Kier molecular flexibility index (Phi) is 5.52. The number of fused-ring (bicyclic) bond motifs is 1. The van der Waals surface area contributed by atoms with Gasteiger partial charge < -0.3 is 15.4 Å². The van der Waals surface area contributed by atoms with Gasteiger partial charge in [-0.05, 0) is 36.6 Å². The normalized spacial score (nSPS) is 11.8. The van der Waals surface area contributed by atoms with E-state index >= 15 is 0 Å². The highest BCUT2D eigenvalue weighted by atomic mass is 32.1. The summed E-state index contributed by atoms with van der Waals surface area (Å²) in [5, 5.41) is 8.11. The minimum absolute atomic E-state index is 0.172. The number of hydrogen-bond acceptors (Lipinski definition) is 7.